The Morgan fingerprint density at radius 1 is 1.16 bits per heavy atom. The first-order valence-corrected chi connectivity index (χ1v) is 11.1. The Morgan fingerprint density at radius 3 is 2.59 bits per heavy atom. The molecular weight excluding hydrogens is 406 g/mol. The number of aromatic nitrogens is 3. The third-order valence-corrected chi connectivity index (χ3v) is 6.26. The molecule has 2 atom stereocenters. The molecule has 1 N–H and O–H groups in total. The number of nitrogens with zero attached hydrogens (tertiary/aromatic N) is 4. The summed E-state index contributed by atoms with van der Waals surface area (Å²) in [5.74, 6) is 1.10. The number of carbonyl (C=O) groups excluding carboxylic acids is 2. The van der Waals surface area contributed by atoms with E-state index < -0.39 is 0 Å². The first-order valence-electron chi connectivity index (χ1n) is 11.1. The quantitative estimate of drug-likeness (QED) is 0.682. The van der Waals surface area contributed by atoms with Crippen LogP contribution >= 0.6 is 0 Å². The molecule has 0 saturated carbocycles. The third kappa shape index (κ3) is 3.49. The van der Waals surface area contributed by atoms with E-state index in [-0.39, 0.29) is 29.9 Å². The lowest BCUT2D eigenvalue weighted by molar-refractivity contribution is 0.0655. The number of hydrogen-bond acceptors (Lipinski definition) is 5. The van der Waals surface area contributed by atoms with Crippen molar-refractivity contribution in [2.24, 2.45) is 0 Å². The monoisotopic (exact) mass is 433 g/mol. The van der Waals surface area contributed by atoms with Crippen LogP contribution in [0.15, 0.2) is 40.9 Å². The second-order valence-electron chi connectivity index (χ2n) is 8.96. The van der Waals surface area contributed by atoms with Gasteiger partial charge in [0.25, 0.3) is 11.8 Å². The number of aryl methyl sites for hydroxylation is 1. The highest BCUT2D eigenvalue weighted by atomic mass is 16.5. The normalized spacial score (nSPS) is 19.7. The van der Waals surface area contributed by atoms with Crippen molar-refractivity contribution in [2.45, 2.75) is 64.7 Å². The molecule has 32 heavy (non-hydrogen) atoms. The van der Waals surface area contributed by atoms with Crippen LogP contribution in [-0.4, -0.2) is 49.5 Å². The van der Waals surface area contributed by atoms with Crippen LogP contribution in [0.3, 0.4) is 0 Å². The standard InChI is InChI=1S/C24H27N5O3/c1-14(2)25-23(30)21-20-12-17-9-10-18(29(17)24(31)19-11-15(3)32-27-19)13-28(20)22(26-21)16-7-5-4-6-8-16/h4-8,11,14,17-18H,9-10,12-13H2,1-3H3,(H,25,30)/t17-,18+/m0/s1. The Balaban J connectivity index is 1.57. The van der Waals surface area contributed by atoms with Gasteiger partial charge in [-0.05, 0) is 33.6 Å². The Labute approximate surface area is 186 Å². The van der Waals surface area contributed by atoms with Gasteiger partial charge in [-0.1, -0.05) is 35.5 Å². The summed E-state index contributed by atoms with van der Waals surface area (Å²) in [6.07, 6.45) is 2.39. The average molecular weight is 434 g/mol. The highest BCUT2D eigenvalue weighted by Gasteiger charge is 2.43. The average Bonchev–Trinajstić information content (AvgIpc) is 3.43. The molecule has 1 aromatic carbocycles. The summed E-state index contributed by atoms with van der Waals surface area (Å²) in [5, 5.41) is 6.93. The molecule has 8 heteroatoms. The number of hydrogen-bond donors (Lipinski definition) is 1. The van der Waals surface area contributed by atoms with Gasteiger partial charge in [0.05, 0.1) is 11.7 Å². The second kappa shape index (κ2) is 7.93. The molecule has 2 aliphatic rings. The van der Waals surface area contributed by atoms with Gasteiger partial charge >= 0.3 is 0 Å². The van der Waals surface area contributed by atoms with Crippen molar-refractivity contribution >= 4 is 11.8 Å². The molecule has 2 aliphatic heterocycles. The zero-order valence-corrected chi connectivity index (χ0v) is 18.5. The summed E-state index contributed by atoms with van der Waals surface area (Å²) < 4.78 is 7.29. The molecule has 0 unspecified atom stereocenters. The minimum Gasteiger partial charge on any atom is -0.361 e. The first-order chi connectivity index (χ1) is 15.4. The van der Waals surface area contributed by atoms with Gasteiger partial charge in [0, 0.05) is 36.7 Å². The molecule has 1 fully saturated rings. The van der Waals surface area contributed by atoms with Gasteiger partial charge in [-0.3, -0.25) is 9.59 Å². The van der Waals surface area contributed by atoms with Crippen LogP contribution in [0, 0.1) is 6.92 Å². The van der Waals surface area contributed by atoms with Gasteiger partial charge < -0.3 is 19.3 Å². The molecule has 0 radical (unpaired) electrons. The van der Waals surface area contributed by atoms with E-state index in [9.17, 15) is 9.59 Å². The van der Waals surface area contributed by atoms with Gasteiger partial charge in [-0.25, -0.2) is 4.98 Å². The highest BCUT2D eigenvalue weighted by molar-refractivity contribution is 5.95. The van der Waals surface area contributed by atoms with E-state index in [0.29, 0.717) is 30.1 Å². The number of rotatable bonds is 4. The number of benzene rings is 1. The Bertz CT molecular complexity index is 1160. The van der Waals surface area contributed by atoms with Gasteiger partial charge in [0.15, 0.2) is 5.69 Å². The lowest BCUT2D eigenvalue weighted by Crippen LogP contribution is -2.42. The molecule has 3 aromatic rings. The van der Waals surface area contributed by atoms with E-state index >= 15 is 0 Å². The fourth-order valence-electron chi connectivity index (χ4n) is 4.92. The van der Waals surface area contributed by atoms with Crippen LogP contribution < -0.4 is 5.32 Å². The zero-order chi connectivity index (χ0) is 22.4. The molecule has 8 nitrogen and oxygen atoms in total. The maximum absolute atomic E-state index is 13.3. The zero-order valence-electron chi connectivity index (χ0n) is 18.5. The molecule has 2 aromatic heterocycles. The smallest absolute Gasteiger partial charge is 0.276 e. The van der Waals surface area contributed by atoms with Crippen LogP contribution in [0.1, 0.15) is 59.1 Å². The van der Waals surface area contributed by atoms with Gasteiger partial charge in [-0.15, -0.1) is 0 Å². The van der Waals surface area contributed by atoms with Crippen molar-refractivity contribution in [2.75, 3.05) is 0 Å². The maximum atomic E-state index is 13.3. The van der Waals surface area contributed by atoms with Crippen molar-refractivity contribution in [1.29, 1.82) is 0 Å². The molecular formula is C24H27N5O3. The van der Waals surface area contributed by atoms with Crippen LogP contribution in [0.2, 0.25) is 0 Å². The lowest BCUT2D eigenvalue weighted by atomic mass is 10.0. The minimum atomic E-state index is -0.172. The van der Waals surface area contributed by atoms with Crippen LogP contribution in [0.25, 0.3) is 11.4 Å². The van der Waals surface area contributed by atoms with Gasteiger partial charge in [-0.2, -0.15) is 0 Å². The summed E-state index contributed by atoms with van der Waals surface area (Å²) >= 11 is 0. The molecule has 1 saturated heterocycles. The molecule has 0 spiro atoms. The predicted octanol–water partition coefficient (Wildman–Crippen LogP) is 3.21. The Morgan fingerprint density at radius 2 is 1.91 bits per heavy atom. The second-order valence-corrected chi connectivity index (χ2v) is 8.96. The van der Waals surface area contributed by atoms with Crippen molar-refractivity contribution < 1.29 is 14.1 Å². The summed E-state index contributed by atoms with van der Waals surface area (Å²) in [6.45, 7) is 6.25. The topological polar surface area (TPSA) is 93.3 Å². The molecule has 2 amide bonds. The van der Waals surface area contributed by atoms with E-state index in [2.05, 4.69) is 15.0 Å². The van der Waals surface area contributed by atoms with E-state index in [0.717, 1.165) is 29.9 Å². The summed E-state index contributed by atoms with van der Waals surface area (Å²) in [5.41, 5.74) is 2.64. The highest BCUT2D eigenvalue weighted by Crippen LogP contribution is 2.36. The molecule has 2 bridgehead atoms. The summed E-state index contributed by atoms with van der Waals surface area (Å²) in [7, 11) is 0. The predicted molar refractivity (Wildman–Crippen MR) is 118 cm³/mol. The lowest BCUT2D eigenvalue weighted by Gasteiger charge is -2.27. The number of imidazole rings is 1. The van der Waals surface area contributed by atoms with Crippen LogP contribution in [0.4, 0.5) is 0 Å². The molecule has 166 valence electrons. The van der Waals surface area contributed by atoms with E-state index in [1.807, 2.05) is 49.1 Å². The van der Waals surface area contributed by atoms with E-state index in [1.165, 1.54) is 0 Å². The summed E-state index contributed by atoms with van der Waals surface area (Å²) in [4.78, 5) is 33.1. The van der Waals surface area contributed by atoms with Crippen molar-refractivity contribution in [3.05, 3.63) is 59.2 Å². The van der Waals surface area contributed by atoms with Crippen LogP contribution in [0.5, 0.6) is 0 Å². The molecule has 5 rings (SSSR count). The fraction of sp³-hybridized carbons (Fsp3) is 0.417. The molecule has 0 aliphatic carbocycles. The minimum absolute atomic E-state index is 0.00307. The number of nitrogens with one attached hydrogen (secondary N) is 1. The van der Waals surface area contributed by atoms with Crippen molar-refractivity contribution in [3.63, 3.8) is 0 Å². The Kier molecular flexibility index (Phi) is 5.07. The largest absolute Gasteiger partial charge is 0.361 e. The van der Waals surface area contributed by atoms with E-state index in [1.54, 1.807) is 13.0 Å². The summed E-state index contributed by atoms with van der Waals surface area (Å²) in [6, 6.07) is 11.6. The van der Waals surface area contributed by atoms with Gasteiger partial charge in [0.1, 0.15) is 17.3 Å². The maximum Gasteiger partial charge on any atom is 0.276 e. The SMILES string of the molecule is Cc1cc(C(=O)N2[C@@H]3CC[C@H]2Cc2c(C(=O)NC(C)C)nc(-c4ccccc4)n2C3)no1. The Hall–Kier alpha value is -3.42. The van der Waals surface area contributed by atoms with Crippen molar-refractivity contribution in [3.8, 4) is 11.4 Å². The van der Waals surface area contributed by atoms with Gasteiger partial charge in [0.2, 0.25) is 0 Å². The van der Waals surface area contributed by atoms with Crippen LogP contribution in [-0.2, 0) is 13.0 Å². The van der Waals surface area contributed by atoms with E-state index in [4.69, 9.17) is 9.51 Å². The number of amides is 2. The first kappa shape index (κ1) is 20.5. The third-order valence-electron chi connectivity index (χ3n) is 6.26. The fourth-order valence-corrected chi connectivity index (χ4v) is 4.92. The number of fused-ring (bicyclic) bond motifs is 3. The molecule has 4 heterocycles. The number of carbonyl (C=O) groups is 2. The van der Waals surface area contributed by atoms with Crippen molar-refractivity contribution in [1.82, 2.24) is 24.9 Å².